The van der Waals surface area contributed by atoms with Crippen LogP contribution in [0.1, 0.15) is 37.6 Å². The molecule has 2 aromatic carbocycles. The second kappa shape index (κ2) is 15.3. The van der Waals surface area contributed by atoms with E-state index in [1.54, 1.807) is 23.1 Å². The average Bonchev–Trinajstić information content (AvgIpc) is 3.43. The number of rotatable bonds is 13. The Morgan fingerprint density at radius 1 is 1.00 bits per heavy atom. The number of thioether (sulfide) groups is 1. The molecule has 0 bridgehead atoms. The summed E-state index contributed by atoms with van der Waals surface area (Å²) in [6.45, 7) is 3.28. The van der Waals surface area contributed by atoms with E-state index in [2.05, 4.69) is 39.8 Å². The minimum Gasteiger partial charge on any atom is -0.748 e. The Morgan fingerprint density at radius 2 is 1.71 bits per heavy atom. The van der Waals surface area contributed by atoms with E-state index in [1.807, 2.05) is 49.4 Å². The monoisotopic (exact) mass is 643 g/mol. The molecule has 41 heavy (non-hydrogen) atoms. The third-order valence-electron chi connectivity index (χ3n) is 6.31. The van der Waals surface area contributed by atoms with Gasteiger partial charge in [0.1, 0.15) is 4.70 Å². The number of anilines is 1. The molecule has 214 valence electrons. The molecular formula is C28H32N2NaO6S4+. The molecule has 1 aliphatic rings. The Morgan fingerprint density at radius 3 is 2.46 bits per heavy atom. The molecule has 0 saturated heterocycles. The van der Waals surface area contributed by atoms with Gasteiger partial charge in [-0.05, 0) is 50.5 Å². The number of hydrogen-bond acceptors (Lipinski definition) is 8. The molecule has 0 atom stereocenters. The summed E-state index contributed by atoms with van der Waals surface area (Å²) in [4.78, 5) is 3.30. The smallest absolute Gasteiger partial charge is 0.748 e. The Balaban J connectivity index is 0.00000462. The number of benzene rings is 2. The van der Waals surface area contributed by atoms with Crippen LogP contribution in [0.2, 0.25) is 0 Å². The largest absolute Gasteiger partial charge is 1.00 e. The van der Waals surface area contributed by atoms with Crippen molar-refractivity contribution in [3.8, 4) is 0 Å². The summed E-state index contributed by atoms with van der Waals surface area (Å²) in [7, 11) is -8.17. The van der Waals surface area contributed by atoms with Crippen LogP contribution in [-0.4, -0.2) is 44.0 Å². The Labute approximate surface area is 272 Å². The van der Waals surface area contributed by atoms with Gasteiger partial charge >= 0.3 is 29.6 Å². The molecule has 0 spiro atoms. The molecule has 0 fully saturated rings. The Hall–Kier alpha value is -1.48. The molecule has 3 aromatic rings. The summed E-state index contributed by atoms with van der Waals surface area (Å²) in [5, 5.41) is 2.08. The standard InChI is InChI=1S/C28H32N2O6S4.Na/c1-22(14-16-27-29(18-6-8-20-39(31,32)33)23-10-2-4-12-25(23)37-27)15-17-28-30(19-7-9-21-40(34,35)36)24-11-3-5-13-26(24)38-28;/h2-5,10-17H,6-9,18-21H2,1H3,(H-,31,32,33,34,35,36);/q;+1. The maximum Gasteiger partial charge on any atom is 1.00 e. The zero-order valence-corrected chi connectivity index (χ0v) is 28.4. The van der Waals surface area contributed by atoms with E-state index < -0.39 is 20.2 Å². The van der Waals surface area contributed by atoms with Crippen molar-refractivity contribution in [3.63, 3.8) is 0 Å². The SMILES string of the molecule is CC(/C=C/c1sc2ccccc2[n+]1CCCCS(=O)(=O)O)=C\C=C1/Sc2ccccc2N1CCCCS(=O)(=O)[O-].[Na+]. The average molecular weight is 644 g/mol. The van der Waals surface area contributed by atoms with Crippen molar-refractivity contribution >= 4 is 65.3 Å². The maximum absolute atomic E-state index is 11.1. The molecule has 0 radical (unpaired) electrons. The van der Waals surface area contributed by atoms with Gasteiger partial charge in [0.2, 0.25) is 5.52 Å². The third kappa shape index (κ3) is 10.3. The van der Waals surface area contributed by atoms with Crippen molar-refractivity contribution in [2.45, 2.75) is 44.0 Å². The zero-order chi connectivity index (χ0) is 28.8. The van der Waals surface area contributed by atoms with Gasteiger partial charge in [0.25, 0.3) is 15.1 Å². The van der Waals surface area contributed by atoms with Crippen LogP contribution in [0.5, 0.6) is 0 Å². The fourth-order valence-corrected chi connectivity index (χ4v) is 7.69. The number of aryl methyl sites for hydroxylation is 1. The van der Waals surface area contributed by atoms with Crippen molar-refractivity contribution < 1.29 is 60.1 Å². The van der Waals surface area contributed by atoms with Crippen LogP contribution in [-0.2, 0) is 26.8 Å². The number of thiazole rings is 1. The van der Waals surface area contributed by atoms with Gasteiger partial charge in [0.15, 0.2) is 6.54 Å². The van der Waals surface area contributed by atoms with Crippen LogP contribution >= 0.6 is 23.1 Å². The summed E-state index contributed by atoms with van der Waals surface area (Å²) >= 11 is 3.32. The zero-order valence-electron chi connectivity index (χ0n) is 23.1. The summed E-state index contributed by atoms with van der Waals surface area (Å²) in [5.41, 5.74) is 3.20. The number of unbranched alkanes of at least 4 members (excludes halogenated alkanes) is 2. The second-order valence-corrected chi connectivity index (χ2v) is 14.7. The first-order valence-corrected chi connectivity index (χ1v) is 17.7. The summed E-state index contributed by atoms with van der Waals surface area (Å²) in [6.07, 6.45) is 10.1. The Bertz CT molecular complexity index is 1660. The number of hydrogen-bond donors (Lipinski definition) is 1. The maximum atomic E-state index is 11.1. The van der Waals surface area contributed by atoms with Crippen molar-refractivity contribution in [1.82, 2.24) is 0 Å². The molecule has 0 saturated carbocycles. The van der Waals surface area contributed by atoms with Gasteiger partial charge in [-0.3, -0.25) is 4.55 Å². The predicted octanol–water partition coefficient (Wildman–Crippen LogP) is 2.60. The molecule has 13 heteroatoms. The summed E-state index contributed by atoms with van der Waals surface area (Å²) in [5.74, 6) is -0.593. The quantitative estimate of drug-likeness (QED) is 0.0994. The minimum absolute atomic E-state index is 0. The minimum atomic E-state index is -4.21. The van der Waals surface area contributed by atoms with E-state index in [0.717, 1.165) is 36.4 Å². The Kier molecular flexibility index (Phi) is 12.7. The van der Waals surface area contributed by atoms with Crippen molar-refractivity contribution in [1.29, 1.82) is 0 Å². The second-order valence-electron chi connectivity index (χ2n) is 9.49. The first kappa shape index (κ1) is 34.0. The molecular weight excluding hydrogens is 612 g/mol. The van der Waals surface area contributed by atoms with E-state index in [4.69, 9.17) is 4.55 Å². The van der Waals surface area contributed by atoms with Gasteiger partial charge in [-0.15, -0.1) is 0 Å². The van der Waals surface area contributed by atoms with Gasteiger partial charge in [0, 0.05) is 35.8 Å². The molecule has 0 unspecified atom stereocenters. The van der Waals surface area contributed by atoms with Crippen molar-refractivity contribution in [2.24, 2.45) is 0 Å². The van der Waals surface area contributed by atoms with Crippen LogP contribution in [0.4, 0.5) is 5.69 Å². The number of fused-ring (bicyclic) bond motifs is 2. The topological polar surface area (TPSA) is 119 Å². The van der Waals surface area contributed by atoms with Gasteiger partial charge in [-0.2, -0.15) is 13.0 Å². The molecule has 1 aromatic heterocycles. The predicted molar refractivity (Wildman–Crippen MR) is 162 cm³/mol. The van der Waals surface area contributed by atoms with Crippen LogP contribution in [0.25, 0.3) is 16.3 Å². The summed E-state index contributed by atoms with van der Waals surface area (Å²) < 4.78 is 67.4. The van der Waals surface area contributed by atoms with E-state index in [-0.39, 0.29) is 41.1 Å². The van der Waals surface area contributed by atoms with Gasteiger partial charge in [-0.1, -0.05) is 65.1 Å². The molecule has 2 heterocycles. The number of para-hydroxylation sites is 2. The van der Waals surface area contributed by atoms with Crippen LogP contribution in [0.15, 0.2) is 82.3 Å². The number of allylic oxidation sites excluding steroid dienone is 4. The van der Waals surface area contributed by atoms with Crippen LogP contribution in [0, 0.1) is 0 Å². The fraction of sp³-hybridized carbons (Fsp3) is 0.321. The first-order chi connectivity index (χ1) is 19.0. The summed E-state index contributed by atoms with van der Waals surface area (Å²) in [6, 6.07) is 16.2. The van der Waals surface area contributed by atoms with Gasteiger partial charge in [-0.25, -0.2) is 8.42 Å². The van der Waals surface area contributed by atoms with Crippen molar-refractivity contribution in [2.75, 3.05) is 23.0 Å². The third-order valence-corrected chi connectivity index (χ3v) is 10.2. The van der Waals surface area contributed by atoms with E-state index >= 15 is 0 Å². The van der Waals surface area contributed by atoms with E-state index in [1.165, 1.54) is 0 Å². The molecule has 1 aliphatic heterocycles. The normalized spacial score (nSPS) is 15.1. The molecule has 8 nitrogen and oxygen atoms in total. The molecule has 4 rings (SSSR count). The van der Waals surface area contributed by atoms with E-state index in [9.17, 15) is 21.4 Å². The number of aromatic nitrogens is 1. The number of nitrogens with zero attached hydrogens (tertiary/aromatic N) is 2. The van der Waals surface area contributed by atoms with Crippen LogP contribution in [0.3, 0.4) is 0 Å². The molecule has 0 amide bonds. The van der Waals surface area contributed by atoms with Gasteiger partial charge < -0.3 is 9.45 Å². The van der Waals surface area contributed by atoms with Crippen molar-refractivity contribution in [3.05, 3.63) is 82.4 Å². The molecule has 0 aliphatic carbocycles. The van der Waals surface area contributed by atoms with Crippen LogP contribution < -0.4 is 39.0 Å². The molecule has 1 N–H and O–H groups in total. The van der Waals surface area contributed by atoms with Gasteiger partial charge in [0.05, 0.1) is 26.6 Å². The fourth-order valence-electron chi connectivity index (χ4n) is 4.38. The first-order valence-electron chi connectivity index (χ1n) is 12.9. The van der Waals surface area contributed by atoms with E-state index in [0.29, 0.717) is 38.8 Å².